The average Bonchev–Trinajstić information content (AvgIpc) is 2.36. The smallest absolute Gasteiger partial charge is 0.0587 e. The molecule has 19 heavy (non-hydrogen) atoms. The SMILES string of the molecule is CC(CC(C)(C)c1ccccc1)N[C@H](CO)C(C)C. The van der Waals surface area contributed by atoms with Crippen molar-refractivity contribution in [2.24, 2.45) is 5.92 Å². The number of rotatable bonds is 7. The molecule has 0 amide bonds. The lowest BCUT2D eigenvalue weighted by Gasteiger charge is -2.32. The molecule has 1 aromatic carbocycles. The molecule has 1 unspecified atom stereocenters. The van der Waals surface area contributed by atoms with Crippen LogP contribution in [0.4, 0.5) is 0 Å². The Morgan fingerprint density at radius 3 is 2.16 bits per heavy atom. The summed E-state index contributed by atoms with van der Waals surface area (Å²) in [6, 6.07) is 11.2. The molecule has 0 aromatic heterocycles. The third kappa shape index (κ3) is 4.96. The minimum atomic E-state index is 0.144. The maximum absolute atomic E-state index is 9.40. The van der Waals surface area contributed by atoms with Gasteiger partial charge in [-0.15, -0.1) is 0 Å². The summed E-state index contributed by atoms with van der Waals surface area (Å²) in [6.45, 7) is 11.3. The number of hydrogen-bond acceptors (Lipinski definition) is 2. The van der Waals surface area contributed by atoms with Gasteiger partial charge in [0.2, 0.25) is 0 Å². The van der Waals surface area contributed by atoms with Gasteiger partial charge < -0.3 is 10.4 Å². The van der Waals surface area contributed by atoms with Gasteiger partial charge in [0, 0.05) is 12.1 Å². The van der Waals surface area contributed by atoms with E-state index < -0.39 is 0 Å². The van der Waals surface area contributed by atoms with Crippen LogP contribution >= 0.6 is 0 Å². The molecule has 0 aliphatic heterocycles. The van der Waals surface area contributed by atoms with Gasteiger partial charge in [0.15, 0.2) is 0 Å². The van der Waals surface area contributed by atoms with E-state index in [2.05, 4.69) is 70.3 Å². The highest BCUT2D eigenvalue weighted by molar-refractivity contribution is 5.23. The number of benzene rings is 1. The van der Waals surface area contributed by atoms with Crippen LogP contribution in [-0.2, 0) is 5.41 Å². The molecule has 0 aliphatic rings. The Bertz CT molecular complexity index is 359. The van der Waals surface area contributed by atoms with Crippen molar-refractivity contribution in [3.63, 3.8) is 0 Å². The van der Waals surface area contributed by atoms with Crippen molar-refractivity contribution >= 4 is 0 Å². The van der Waals surface area contributed by atoms with Crippen LogP contribution in [0.1, 0.15) is 46.6 Å². The quantitative estimate of drug-likeness (QED) is 0.790. The van der Waals surface area contributed by atoms with Crippen molar-refractivity contribution in [2.75, 3.05) is 6.61 Å². The van der Waals surface area contributed by atoms with Gasteiger partial charge in [0.25, 0.3) is 0 Å². The first-order valence-corrected chi connectivity index (χ1v) is 7.29. The summed E-state index contributed by atoms with van der Waals surface area (Å²) < 4.78 is 0. The van der Waals surface area contributed by atoms with Gasteiger partial charge in [-0.05, 0) is 30.2 Å². The van der Waals surface area contributed by atoms with Crippen molar-refractivity contribution in [3.8, 4) is 0 Å². The summed E-state index contributed by atoms with van der Waals surface area (Å²) >= 11 is 0. The summed E-state index contributed by atoms with van der Waals surface area (Å²) in [5, 5.41) is 12.9. The first-order valence-electron chi connectivity index (χ1n) is 7.29. The van der Waals surface area contributed by atoms with Crippen molar-refractivity contribution in [1.29, 1.82) is 0 Å². The zero-order valence-electron chi connectivity index (χ0n) is 13.0. The fourth-order valence-electron chi connectivity index (χ4n) is 2.65. The molecule has 0 bridgehead atoms. The van der Waals surface area contributed by atoms with Crippen LogP contribution in [-0.4, -0.2) is 23.8 Å². The summed E-state index contributed by atoms with van der Waals surface area (Å²) in [5.41, 5.74) is 1.51. The van der Waals surface area contributed by atoms with Gasteiger partial charge in [-0.25, -0.2) is 0 Å². The summed E-state index contributed by atoms with van der Waals surface area (Å²) in [7, 11) is 0. The van der Waals surface area contributed by atoms with Crippen molar-refractivity contribution in [3.05, 3.63) is 35.9 Å². The number of nitrogens with one attached hydrogen (secondary N) is 1. The van der Waals surface area contributed by atoms with Crippen LogP contribution in [0.5, 0.6) is 0 Å². The van der Waals surface area contributed by atoms with Gasteiger partial charge in [-0.2, -0.15) is 0 Å². The average molecular weight is 263 g/mol. The van der Waals surface area contributed by atoms with Crippen LogP contribution < -0.4 is 5.32 Å². The second kappa shape index (κ2) is 7.06. The van der Waals surface area contributed by atoms with Crippen molar-refractivity contribution < 1.29 is 5.11 Å². The maximum atomic E-state index is 9.40. The second-order valence-electron chi connectivity index (χ2n) is 6.55. The lowest BCUT2D eigenvalue weighted by atomic mass is 9.79. The maximum Gasteiger partial charge on any atom is 0.0587 e. The van der Waals surface area contributed by atoms with Gasteiger partial charge in [-0.1, -0.05) is 58.0 Å². The minimum absolute atomic E-state index is 0.144. The van der Waals surface area contributed by atoms with Gasteiger partial charge in [0.05, 0.1) is 6.61 Å². The number of hydrogen-bond donors (Lipinski definition) is 2. The molecule has 2 atom stereocenters. The van der Waals surface area contributed by atoms with Gasteiger partial charge in [0.1, 0.15) is 0 Å². The third-order valence-corrected chi connectivity index (χ3v) is 3.87. The Hall–Kier alpha value is -0.860. The molecule has 108 valence electrons. The first-order chi connectivity index (χ1) is 8.86. The van der Waals surface area contributed by atoms with E-state index in [0.717, 1.165) is 6.42 Å². The van der Waals surface area contributed by atoms with E-state index in [9.17, 15) is 5.11 Å². The molecule has 0 heterocycles. The molecule has 0 spiro atoms. The highest BCUT2D eigenvalue weighted by Crippen LogP contribution is 2.28. The highest BCUT2D eigenvalue weighted by atomic mass is 16.3. The van der Waals surface area contributed by atoms with Crippen LogP contribution in [0.25, 0.3) is 0 Å². The predicted octanol–water partition coefficient (Wildman–Crippen LogP) is 3.35. The molecule has 0 radical (unpaired) electrons. The molecule has 1 rings (SSSR count). The third-order valence-electron chi connectivity index (χ3n) is 3.87. The van der Waals surface area contributed by atoms with E-state index in [-0.39, 0.29) is 18.1 Å². The Morgan fingerprint density at radius 2 is 1.68 bits per heavy atom. The molecular formula is C17H29NO. The van der Waals surface area contributed by atoms with Gasteiger partial charge in [-0.3, -0.25) is 0 Å². The summed E-state index contributed by atoms with van der Waals surface area (Å²) in [5.74, 6) is 0.451. The fraction of sp³-hybridized carbons (Fsp3) is 0.647. The lowest BCUT2D eigenvalue weighted by molar-refractivity contribution is 0.194. The van der Waals surface area contributed by atoms with Crippen molar-refractivity contribution in [2.45, 2.75) is 58.5 Å². The molecule has 1 aromatic rings. The van der Waals surface area contributed by atoms with Crippen LogP contribution in [0.15, 0.2) is 30.3 Å². The number of aliphatic hydroxyl groups excluding tert-OH is 1. The monoisotopic (exact) mass is 263 g/mol. The van der Waals surface area contributed by atoms with E-state index in [1.165, 1.54) is 5.56 Å². The van der Waals surface area contributed by atoms with Crippen LogP contribution in [0.3, 0.4) is 0 Å². The summed E-state index contributed by atoms with van der Waals surface area (Å²) in [6.07, 6.45) is 1.06. The Balaban J connectivity index is 2.63. The van der Waals surface area contributed by atoms with E-state index in [1.807, 2.05) is 0 Å². The Kier molecular flexibility index (Phi) is 6.02. The minimum Gasteiger partial charge on any atom is -0.395 e. The largest absolute Gasteiger partial charge is 0.395 e. The molecule has 0 aliphatic carbocycles. The first kappa shape index (κ1) is 16.2. The van der Waals surface area contributed by atoms with Crippen LogP contribution in [0, 0.1) is 5.92 Å². The molecule has 0 saturated carbocycles. The lowest BCUT2D eigenvalue weighted by Crippen LogP contribution is -2.44. The number of aliphatic hydroxyl groups is 1. The van der Waals surface area contributed by atoms with E-state index in [1.54, 1.807) is 0 Å². The molecular weight excluding hydrogens is 234 g/mol. The summed E-state index contributed by atoms with van der Waals surface area (Å²) in [4.78, 5) is 0. The topological polar surface area (TPSA) is 32.3 Å². The second-order valence-corrected chi connectivity index (χ2v) is 6.55. The predicted molar refractivity (Wildman–Crippen MR) is 82.4 cm³/mol. The standard InChI is InChI=1S/C17H29NO/c1-13(2)16(12-19)18-14(3)11-17(4,5)15-9-7-6-8-10-15/h6-10,13-14,16,18-19H,11-12H2,1-5H3/t14?,16-/m1/s1. The molecule has 2 N–H and O–H groups in total. The normalized spacial score (nSPS) is 15.5. The highest BCUT2D eigenvalue weighted by Gasteiger charge is 2.24. The molecule has 0 fully saturated rings. The molecule has 2 nitrogen and oxygen atoms in total. The Labute approximate surface area is 118 Å². The molecule has 0 saturated heterocycles. The van der Waals surface area contributed by atoms with E-state index >= 15 is 0 Å². The van der Waals surface area contributed by atoms with Crippen molar-refractivity contribution in [1.82, 2.24) is 5.32 Å². The zero-order valence-corrected chi connectivity index (χ0v) is 13.0. The zero-order chi connectivity index (χ0) is 14.5. The Morgan fingerprint density at radius 1 is 1.11 bits per heavy atom. The van der Waals surface area contributed by atoms with Gasteiger partial charge >= 0.3 is 0 Å². The van der Waals surface area contributed by atoms with E-state index in [4.69, 9.17) is 0 Å². The fourth-order valence-corrected chi connectivity index (χ4v) is 2.65. The van der Waals surface area contributed by atoms with E-state index in [0.29, 0.717) is 12.0 Å². The van der Waals surface area contributed by atoms with Crippen LogP contribution in [0.2, 0.25) is 0 Å². The molecule has 2 heteroatoms.